The van der Waals surface area contributed by atoms with Crippen LogP contribution >= 0.6 is 15.9 Å². The Bertz CT molecular complexity index is 326. The number of anilines is 1. The first-order valence-electron chi connectivity index (χ1n) is 4.42. The molecule has 0 bridgehead atoms. The molecule has 1 atom stereocenters. The molecule has 4 heteroatoms. The highest BCUT2D eigenvalue weighted by Gasteiger charge is 2.20. The third-order valence-electron chi connectivity index (χ3n) is 2.29. The Morgan fingerprint density at radius 1 is 1.50 bits per heavy atom. The summed E-state index contributed by atoms with van der Waals surface area (Å²) in [5, 5.41) is 8.87. The fraction of sp³-hybridized carbons (Fsp3) is 0.400. The van der Waals surface area contributed by atoms with E-state index < -0.39 is 5.54 Å². The highest BCUT2D eigenvalue weighted by molar-refractivity contribution is 9.10. The van der Waals surface area contributed by atoms with Crippen molar-refractivity contribution in [3.05, 3.63) is 28.2 Å². The number of rotatable bonds is 3. The van der Waals surface area contributed by atoms with E-state index in [0.717, 1.165) is 10.0 Å². The van der Waals surface area contributed by atoms with Crippen LogP contribution in [0.2, 0.25) is 0 Å². The molecule has 0 saturated carbocycles. The van der Waals surface area contributed by atoms with E-state index in [2.05, 4.69) is 15.9 Å². The first kappa shape index (κ1) is 11.5. The van der Waals surface area contributed by atoms with Gasteiger partial charge < -0.3 is 16.6 Å². The largest absolute Gasteiger partial charge is 0.398 e. The number of nitrogen functional groups attached to an aromatic ring is 1. The number of nitrogens with two attached hydrogens (primary N) is 2. The van der Waals surface area contributed by atoms with Crippen LogP contribution in [-0.4, -0.2) is 11.7 Å². The molecule has 0 saturated heterocycles. The fourth-order valence-electron chi connectivity index (χ4n) is 1.26. The third-order valence-corrected chi connectivity index (χ3v) is 2.98. The van der Waals surface area contributed by atoms with Crippen molar-refractivity contribution in [2.24, 2.45) is 5.73 Å². The topological polar surface area (TPSA) is 72.3 Å². The van der Waals surface area contributed by atoms with Gasteiger partial charge in [-0.05, 0) is 47.0 Å². The van der Waals surface area contributed by atoms with E-state index in [1.54, 1.807) is 0 Å². The first-order valence-corrected chi connectivity index (χ1v) is 5.22. The van der Waals surface area contributed by atoms with E-state index in [1.165, 1.54) is 0 Å². The highest BCUT2D eigenvalue weighted by atomic mass is 79.9. The maximum Gasteiger partial charge on any atom is 0.0458 e. The monoisotopic (exact) mass is 258 g/mol. The van der Waals surface area contributed by atoms with Crippen molar-refractivity contribution in [2.45, 2.75) is 18.9 Å². The Hall–Kier alpha value is -0.580. The van der Waals surface area contributed by atoms with Crippen LogP contribution in [-0.2, 0) is 5.54 Å². The summed E-state index contributed by atoms with van der Waals surface area (Å²) in [5.41, 5.74) is 12.9. The van der Waals surface area contributed by atoms with E-state index in [1.807, 2.05) is 25.1 Å². The molecule has 78 valence electrons. The lowest BCUT2D eigenvalue weighted by Gasteiger charge is -2.24. The van der Waals surface area contributed by atoms with Gasteiger partial charge in [0.1, 0.15) is 0 Å². The highest BCUT2D eigenvalue weighted by Crippen LogP contribution is 2.27. The molecule has 0 radical (unpaired) electrons. The molecule has 0 aliphatic rings. The minimum atomic E-state index is -0.509. The number of benzene rings is 1. The molecular formula is C10H15BrN2O. The lowest BCUT2D eigenvalue weighted by atomic mass is 9.90. The number of hydrogen-bond acceptors (Lipinski definition) is 3. The Morgan fingerprint density at radius 3 is 2.64 bits per heavy atom. The predicted molar refractivity (Wildman–Crippen MR) is 61.8 cm³/mol. The van der Waals surface area contributed by atoms with Crippen molar-refractivity contribution < 1.29 is 5.11 Å². The molecule has 1 rings (SSSR count). The van der Waals surface area contributed by atoms with Gasteiger partial charge in [0.15, 0.2) is 0 Å². The van der Waals surface area contributed by atoms with Crippen LogP contribution in [0, 0.1) is 0 Å². The van der Waals surface area contributed by atoms with Gasteiger partial charge in [-0.3, -0.25) is 0 Å². The second-order valence-corrected chi connectivity index (χ2v) is 4.48. The molecule has 1 aromatic carbocycles. The fourth-order valence-corrected chi connectivity index (χ4v) is 1.64. The van der Waals surface area contributed by atoms with Gasteiger partial charge in [0, 0.05) is 22.3 Å². The maximum atomic E-state index is 8.87. The lowest BCUT2D eigenvalue weighted by molar-refractivity contribution is 0.247. The average Bonchev–Trinajstić information content (AvgIpc) is 2.09. The van der Waals surface area contributed by atoms with Gasteiger partial charge >= 0.3 is 0 Å². The lowest BCUT2D eigenvalue weighted by Crippen LogP contribution is -2.34. The number of hydrogen-bond donors (Lipinski definition) is 3. The smallest absolute Gasteiger partial charge is 0.0458 e. The zero-order valence-electron chi connectivity index (χ0n) is 8.13. The molecule has 0 aliphatic heterocycles. The zero-order chi connectivity index (χ0) is 10.8. The van der Waals surface area contributed by atoms with Crippen LogP contribution in [0.5, 0.6) is 0 Å². The molecule has 0 amide bonds. The summed E-state index contributed by atoms with van der Waals surface area (Å²) >= 11 is 3.35. The molecule has 0 aliphatic carbocycles. The Morgan fingerprint density at radius 2 is 2.14 bits per heavy atom. The second-order valence-electron chi connectivity index (χ2n) is 3.63. The van der Waals surface area contributed by atoms with Crippen molar-refractivity contribution in [1.82, 2.24) is 0 Å². The van der Waals surface area contributed by atoms with Crippen molar-refractivity contribution >= 4 is 21.6 Å². The summed E-state index contributed by atoms with van der Waals surface area (Å²) in [6, 6.07) is 5.59. The molecule has 14 heavy (non-hydrogen) atoms. The van der Waals surface area contributed by atoms with E-state index in [9.17, 15) is 0 Å². The minimum absolute atomic E-state index is 0.0784. The normalized spacial score (nSPS) is 15.1. The van der Waals surface area contributed by atoms with E-state index in [0.29, 0.717) is 12.1 Å². The van der Waals surface area contributed by atoms with Crippen LogP contribution in [0.3, 0.4) is 0 Å². The van der Waals surface area contributed by atoms with Gasteiger partial charge in [-0.1, -0.05) is 6.07 Å². The van der Waals surface area contributed by atoms with Gasteiger partial charge in [-0.2, -0.15) is 0 Å². The van der Waals surface area contributed by atoms with Crippen LogP contribution < -0.4 is 11.5 Å². The third kappa shape index (κ3) is 2.47. The molecule has 0 spiro atoms. The maximum absolute atomic E-state index is 8.87. The van der Waals surface area contributed by atoms with E-state index >= 15 is 0 Å². The Labute approximate surface area is 92.2 Å². The quantitative estimate of drug-likeness (QED) is 0.722. The van der Waals surface area contributed by atoms with Crippen LogP contribution in [0.4, 0.5) is 5.69 Å². The number of halogens is 1. The van der Waals surface area contributed by atoms with Gasteiger partial charge in [0.05, 0.1) is 0 Å². The minimum Gasteiger partial charge on any atom is -0.398 e. The molecule has 5 N–H and O–H groups in total. The van der Waals surface area contributed by atoms with E-state index in [4.69, 9.17) is 16.6 Å². The first-order chi connectivity index (χ1) is 6.47. The summed E-state index contributed by atoms with van der Waals surface area (Å²) in [7, 11) is 0. The SMILES string of the molecule is C[C@@](N)(CCO)c1ccc(N)c(Br)c1. The standard InChI is InChI=1S/C10H15BrN2O/c1-10(13,4-5-14)7-2-3-9(12)8(11)6-7/h2-3,6,14H,4-5,12-13H2,1H3/t10-/m1/s1. The predicted octanol–water partition coefficient (Wildman–Crippen LogP) is 1.59. The molecule has 1 aromatic rings. The van der Waals surface area contributed by atoms with Crippen molar-refractivity contribution in [3.63, 3.8) is 0 Å². The molecule has 0 heterocycles. The van der Waals surface area contributed by atoms with E-state index in [-0.39, 0.29) is 6.61 Å². The van der Waals surface area contributed by atoms with Gasteiger partial charge in [-0.25, -0.2) is 0 Å². The molecule has 0 fully saturated rings. The van der Waals surface area contributed by atoms with Crippen molar-refractivity contribution in [1.29, 1.82) is 0 Å². The molecule has 0 unspecified atom stereocenters. The zero-order valence-corrected chi connectivity index (χ0v) is 9.71. The summed E-state index contributed by atoms with van der Waals surface area (Å²) in [6.45, 7) is 1.97. The van der Waals surface area contributed by atoms with Gasteiger partial charge in [0.25, 0.3) is 0 Å². The second kappa shape index (κ2) is 4.29. The van der Waals surface area contributed by atoms with Crippen LogP contribution in [0.1, 0.15) is 18.9 Å². The summed E-state index contributed by atoms with van der Waals surface area (Å²) < 4.78 is 0.838. The molecular weight excluding hydrogens is 244 g/mol. The van der Waals surface area contributed by atoms with Gasteiger partial charge in [-0.15, -0.1) is 0 Å². The summed E-state index contributed by atoms with van der Waals surface area (Å²) in [5.74, 6) is 0. The molecule has 0 aromatic heterocycles. The summed E-state index contributed by atoms with van der Waals surface area (Å²) in [4.78, 5) is 0. The van der Waals surface area contributed by atoms with Crippen molar-refractivity contribution in [2.75, 3.05) is 12.3 Å². The van der Waals surface area contributed by atoms with Crippen LogP contribution in [0.25, 0.3) is 0 Å². The van der Waals surface area contributed by atoms with Crippen molar-refractivity contribution in [3.8, 4) is 0 Å². The summed E-state index contributed by atoms with van der Waals surface area (Å²) in [6.07, 6.45) is 0.531. The van der Waals surface area contributed by atoms with Gasteiger partial charge in [0.2, 0.25) is 0 Å². The number of aliphatic hydroxyl groups excluding tert-OH is 1. The van der Waals surface area contributed by atoms with Crippen LogP contribution in [0.15, 0.2) is 22.7 Å². The Kier molecular flexibility index (Phi) is 3.53. The Balaban J connectivity index is 3.01. The number of aliphatic hydroxyl groups is 1. The average molecular weight is 259 g/mol. The molecule has 3 nitrogen and oxygen atoms in total.